The number of nitrogens with zero attached hydrogens (tertiary/aromatic N) is 1. The minimum Gasteiger partial charge on any atom is -0.366 e. The van der Waals surface area contributed by atoms with Crippen molar-refractivity contribution in [1.82, 2.24) is 4.37 Å². The molecule has 0 radical (unpaired) electrons. The minimum atomic E-state index is 0.628. The Morgan fingerprint density at radius 2 is 1.82 bits per heavy atom. The highest BCUT2D eigenvalue weighted by molar-refractivity contribution is 7.13. The van der Waals surface area contributed by atoms with Crippen molar-refractivity contribution in [3.8, 4) is 0 Å². The zero-order valence-electron chi connectivity index (χ0n) is 9.98. The Labute approximate surface area is 106 Å². The van der Waals surface area contributed by atoms with Gasteiger partial charge in [0.25, 0.3) is 0 Å². The zero-order chi connectivity index (χ0) is 11.5. The largest absolute Gasteiger partial charge is 0.366 e. The van der Waals surface area contributed by atoms with E-state index in [1.54, 1.807) is 11.5 Å². The third-order valence-corrected chi connectivity index (χ3v) is 4.40. The van der Waals surface area contributed by atoms with E-state index in [4.69, 9.17) is 0 Å². The SMILES string of the molecule is c1ccc2c(NC3CCCCCC3)nsc2c1. The van der Waals surface area contributed by atoms with Crippen LogP contribution in [0.4, 0.5) is 5.82 Å². The van der Waals surface area contributed by atoms with Crippen LogP contribution < -0.4 is 5.32 Å². The first-order valence-corrected chi connectivity index (χ1v) is 7.32. The molecule has 0 saturated heterocycles. The molecule has 2 aromatic rings. The van der Waals surface area contributed by atoms with E-state index in [2.05, 4.69) is 34.0 Å². The van der Waals surface area contributed by atoms with Gasteiger partial charge in [0.2, 0.25) is 0 Å². The highest BCUT2D eigenvalue weighted by Gasteiger charge is 2.14. The number of nitrogens with one attached hydrogen (secondary N) is 1. The Balaban J connectivity index is 1.79. The summed E-state index contributed by atoms with van der Waals surface area (Å²) in [7, 11) is 0. The Hall–Kier alpha value is -1.09. The van der Waals surface area contributed by atoms with E-state index in [9.17, 15) is 0 Å². The second-order valence-corrected chi connectivity index (χ2v) is 5.67. The van der Waals surface area contributed by atoms with Gasteiger partial charge in [-0.15, -0.1) is 0 Å². The molecule has 0 atom stereocenters. The lowest BCUT2D eigenvalue weighted by molar-refractivity contribution is 0.619. The maximum absolute atomic E-state index is 4.55. The first-order chi connectivity index (χ1) is 8.43. The predicted molar refractivity (Wildman–Crippen MR) is 74.7 cm³/mol. The van der Waals surface area contributed by atoms with Gasteiger partial charge in [-0.25, -0.2) is 0 Å². The zero-order valence-corrected chi connectivity index (χ0v) is 10.8. The van der Waals surface area contributed by atoms with Crippen LogP contribution in [0, 0.1) is 0 Å². The van der Waals surface area contributed by atoms with Crippen molar-refractivity contribution < 1.29 is 0 Å². The highest BCUT2D eigenvalue weighted by Crippen LogP contribution is 2.28. The Kier molecular flexibility index (Phi) is 3.27. The Bertz CT molecular complexity index is 484. The molecule has 90 valence electrons. The molecule has 1 saturated carbocycles. The van der Waals surface area contributed by atoms with Crippen molar-refractivity contribution in [2.45, 2.75) is 44.6 Å². The minimum absolute atomic E-state index is 0.628. The molecule has 0 bridgehead atoms. The van der Waals surface area contributed by atoms with Crippen LogP contribution in [0.5, 0.6) is 0 Å². The maximum Gasteiger partial charge on any atom is 0.147 e. The van der Waals surface area contributed by atoms with Gasteiger partial charge in [0.05, 0.1) is 4.70 Å². The molecule has 1 aromatic heterocycles. The summed E-state index contributed by atoms with van der Waals surface area (Å²) in [5.74, 6) is 1.09. The van der Waals surface area contributed by atoms with Crippen molar-refractivity contribution in [1.29, 1.82) is 0 Å². The number of aromatic nitrogens is 1. The van der Waals surface area contributed by atoms with Gasteiger partial charge >= 0.3 is 0 Å². The van der Waals surface area contributed by atoms with Crippen LogP contribution in [0.25, 0.3) is 10.1 Å². The van der Waals surface area contributed by atoms with Gasteiger partial charge in [-0.1, -0.05) is 37.8 Å². The lowest BCUT2D eigenvalue weighted by atomic mass is 10.1. The highest BCUT2D eigenvalue weighted by atomic mass is 32.1. The first kappa shape index (κ1) is 11.0. The molecule has 0 amide bonds. The van der Waals surface area contributed by atoms with E-state index in [0.717, 1.165) is 5.82 Å². The summed E-state index contributed by atoms with van der Waals surface area (Å²) in [6.07, 6.45) is 8.11. The van der Waals surface area contributed by atoms with Crippen LogP contribution in [0.1, 0.15) is 38.5 Å². The molecule has 1 fully saturated rings. The fraction of sp³-hybridized carbons (Fsp3) is 0.500. The number of hydrogen-bond donors (Lipinski definition) is 1. The quantitative estimate of drug-likeness (QED) is 0.793. The van der Waals surface area contributed by atoms with Gasteiger partial charge in [0, 0.05) is 11.4 Å². The lowest BCUT2D eigenvalue weighted by Gasteiger charge is -2.15. The molecule has 1 heterocycles. The maximum atomic E-state index is 4.55. The van der Waals surface area contributed by atoms with E-state index >= 15 is 0 Å². The van der Waals surface area contributed by atoms with Crippen LogP contribution in [-0.4, -0.2) is 10.4 Å². The second kappa shape index (κ2) is 5.05. The lowest BCUT2D eigenvalue weighted by Crippen LogP contribution is -2.18. The van der Waals surface area contributed by atoms with Crippen LogP contribution in [0.3, 0.4) is 0 Å². The topological polar surface area (TPSA) is 24.9 Å². The molecule has 2 nitrogen and oxygen atoms in total. The van der Waals surface area contributed by atoms with Crippen molar-refractivity contribution in [2.24, 2.45) is 0 Å². The molecule has 1 aromatic carbocycles. The fourth-order valence-electron chi connectivity index (χ4n) is 2.61. The van der Waals surface area contributed by atoms with E-state index in [0.29, 0.717) is 6.04 Å². The van der Waals surface area contributed by atoms with Gasteiger partial charge in [0.1, 0.15) is 5.82 Å². The van der Waals surface area contributed by atoms with Gasteiger partial charge in [-0.05, 0) is 36.5 Å². The van der Waals surface area contributed by atoms with Crippen molar-refractivity contribution >= 4 is 27.4 Å². The molecule has 3 rings (SSSR count). The molecule has 3 heteroatoms. The summed E-state index contributed by atoms with van der Waals surface area (Å²) in [4.78, 5) is 0. The molecule has 0 aliphatic heterocycles. The van der Waals surface area contributed by atoms with Gasteiger partial charge in [-0.3, -0.25) is 0 Å². The van der Waals surface area contributed by atoms with E-state index in [1.165, 1.54) is 48.6 Å². The number of anilines is 1. The average molecular weight is 246 g/mol. The van der Waals surface area contributed by atoms with Crippen LogP contribution in [0.15, 0.2) is 24.3 Å². The van der Waals surface area contributed by atoms with Crippen LogP contribution >= 0.6 is 11.5 Å². The third-order valence-electron chi connectivity index (χ3n) is 3.57. The molecule has 1 aliphatic carbocycles. The van der Waals surface area contributed by atoms with Crippen LogP contribution in [-0.2, 0) is 0 Å². The predicted octanol–water partition coefficient (Wildman–Crippen LogP) is 4.43. The summed E-state index contributed by atoms with van der Waals surface area (Å²) < 4.78 is 5.83. The monoisotopic (exact) mass is 246 g/mol. The van der Waals surface area contributed by atoms with Gasteiger partial charge < -0.3 is 5.32 Å². The summed E-state index contributed by atoms with van der Waals surface area (Å²) >= 11 is 1.60. The normalized spacial score (nSPS) is 18.1. The molecular formula is C14H18N2S. The Morgan fingerprint density at radius 1 is 1.06 bits per heavy atom. The summed E-state index contributed by atoms with van der Waals surface area (Å²) in [6, 6.07) is 9.11. The summed E-state index contributed by atoms with van der Waals surface area (Å²) in [5, 5.41) is 4.92. The van der Waals surface area contributed by atoms with Gasteiger partial charge in [0.15, 0.2) is 0 Å². The molecular weight excluding hydrogens is 228 g/mol. The third kappa shape index (κ3) is 2.44. The average Bonchev–Trinajstić information content (AvgIpc) is 2.59. The van der Waals surface area contributed by atoms with E-state index in [-0.39, 0.29) is 0 Å². The number of benzene rings is 1. The number of fused-ring (bicyclic) bond motifs is 1. The van der Waals surface area contributed by atoms with Gasteiger partial charge in [-0.2, -0.15) is 4.37 Å². The first-order valence-electron chi connectivity index (χ1n) is 6.54. The Morgan fingerprint density at radius 3 is 2.65 bits per heavy atom. The molecule has 0 spiro atoms. The number of rotatable bonds is 2. The number of hydrogen-bond acceptors (Lipinski definition) is 3. The standard InChI is InChI=1S/C14H18N2S/c1-2-4-8-11(7-3-1)15-14-12-9-5-6-10-13(12)17-16-14/h5-6,9-11H,1-4,7-8H2,(H,15,16). The summed E-state index contributed by atoms with van der Waals surface area (Å²) in [6.45, 7) is 0. The van der Waals surface area contributed by atoms with Crippen molar-refractivity contribution in [3.63, 3.8) is 0 Å². The molecule has 1 aliphatic rings. The molecule has 17 heavy (non-hydrogen) atoms. The van der Waals surface area contributed by atoms with Crippen molar-refractivity contribution in [3.05, 3.63) is 24.3 Å². The smallest absolute Gasteiger partial charge is 0.147 e. The molecule has 1 N–H and O–H groups in total. The summed E-state index contributed by atoms with van der Waals surface area (Å²) in [5.41, 5.74) is 0. The van der Waals surface area contributed by atoms with E-state index < -0.39 is 0 Å². The van der Waals surface area contributed by atoms with Crippen molar-refractivity contribution in [2.75, 3.05) is 5.32 Å². The van der Waals surface area contributed by atoms with Crippen LogP contribution in [0.2, 0.25) is 0 Å². The molecule has 0 unspecified atom stereocenters. The second-order valence-electron chi connectivity index (χ2n) is 4.86. The van der Waals surface area contributed by atoms with E-state index in [1.807, 2.05) is 0 Å². The fourth-order valence-corrected chi connectivity index (χ4v) is 3.35.